The summed E-state index contributed by atoms with van der Waals surface area (Å²) in [4.78, 5) is 15.9. The van der Waals surface area contributed by atoms with E-state index in [1.807, 2.05) is 37.1 Å². The molecule has 36 heavy (non-hydrogen) atoms. The topological polar surface area (TPSA) is 90.2 Å². The number of nitrogens with zero attached hydrogens (tertiary/aromatic N) is 6. The van der Waals surface area contributed by atoms with Gasteiger partial charge in [-0.3, -0.25) is 4.68 Å². The molecule has 1 aliphatic heterocycles. The zero-order valence-corrected chi connectivity index (χ0v) is 21.2. The SMILES string of the molecule is CO[C@H]1CCN(C)C[C@@H]1Oc1cc(-c2cnn(C)c2)cc2ncnc(Nc3ccc4ncsc4c3)c12. The van der Waals surface area contributed by atoms with Crippen LogP contribution in [-0.2, 0) is 11.8 Å². The van der Waals surface area contributed by atoms with Gasteiger partial charge < -0.3 is 19.7 Å². The van der Waals surface area contributed by atoms with Crippen molar-refractivity contribution in [2.24, 2.45) is 7.05 Å². The van der Waals surface area contributed by atoms with Crippen molar-refractivity contribution < 1.29 is 9.47 Å². The van der Waals surface area contributed by atoms with Crippen molar-refractivity contribution in [2.45, 2.75) is 18.6 Å². The molecular formula is C26H27N7O2S. The normalized spacial score (nSPS) is 18.6. The molecule has 0 aliphatic carbocycles. The first-order chi connectivity index (χ1) is 17.6. The number of hydrogen-bond donors (Lipinski definition) is 1. The highest BCUT2D eigenvalue weighted by Gasteiger charge is 2.30. The van der Waals surface area contributed by atoms with E-state index >= 15 is 0 Å². The third-order valence-corrected chi connectivity index (χ3v) is 7.41. The Morgan fingerprint density at radius 3 is 2.78 bits per heavy atom. The van der Waals surface area contributed by atoms with Gasteiger partial charge in [0.15, 0.2) is 0 Å². The Morgan fingerprint density at radius 1 is 1.03 bits per heavy atom. The van der Waals surface area contributed by atoms with E-state index in [0.717, 1.165) is 63.2 Å². The number of aryl methyl sites for hydroxylation is 1. The highest BCUT2D eigenvalue weighted by molar-refractivity contribution is 7.16. The Morgan fingerprint density at radius 2 is 1.94 bits per heavy atom. The van der Waals surface area contributed by atoms with Crippen molar-refractivity contribution in [1.82, 2.24) is 29.6 Å². The van der Waals surface area contributed by atoms with Crippen LogP contribution < -0.4 is 10.1 Å². The summed E-state index contributed by atoms with van der Waals surface area (Å²) in [5, 5.41) is 8.67. The lowest BCUT2D eigenvalue weighted by Gasteiger charge is -2.36. The van der Waals surface area contributed by atoms with Gasteiger partial charge in [-0.1, -0.05) is 0 Å². The molecule has 0 saturated carbocycles. The fraction of sp³-hybridized carbons (Fsp3) is 0.308. The average molecular weight is 502 g/mol. The summed E-state index contributed by atoms with van der Waals surface area (Å²) >= 11 is 1.61. The van der Waals surface area contributed by atoms with Crippen molar-refractivity contribution >= 4 is 44.0 Å². The Labute approximate surface area is 212 Å². The number of rotatable bonds is 6. The van der Waals surface area contributed by atoms with E-state index in [1.54, 1.807) is 29.5 Å². The van der Waals surface area contributed by atoms with Crippen LogP contribution in [0.1, 0.15) is 6.42 Å². The second kappa shape index (κ2) is 9.45. The summed E-state index contributed by atoms with van der Waals surface area (Å²) in [5.74, 6) is 1.41. The summed E-state index contributed by atoms with van der Waals surface area (Å²) in [6.45, 7) is 1.75. The maximum absolute atomic E-state index is 6.73. The number of aromatic nitrogens is 5. The van der Waals surface area contributed by atoms with E-state index in [1.165, 1.54) is 0 Å². The van der Waals surface area contributed by atoms with Crippen molar-refractivity contribution in [3.05, 3.63) is 54.6 Å². The molecule has 184 valence electrons. The number of nitrogens with one attached hydrogen (secondary N) is 1. The highest BCUT2D eigenvalue weighted by Crippen LogP contribution is 2.38. The zero-order valence-electron chi connectivity index (χ0n) is 20.4. The van der Waals surface area contributed by atoms with Gasteiger partial charge in [0.2, 0.25) is 0 Å². The zero-order chi connectivity index (χ0) is 24.6. The fourth-order valence-electron chi connectivity index (χ4n) is 4.74. The standard InChI is InChI=1S/C26H27N7O2S/c1-32-7-6-21(34-3)23(13-32)35-22-9-16(17-11-30-33(2)12-17)8-20-25(22)26(28-14-27-20)31-18-4-5-19-24(10-18)36-15-29-19/h4-5,8-12,14-15,21,23H,6-7,13H2,1-3H3,(H,27,28,31)/t21-,23-/m0/s1. The van der Waals surface area contributed by atoms with E-state index < -0.39 is 0 Å². The number of piperidine rings is 1. The minimum absolute atomic E-state index is 0.00748. The van der Waals surface area contributed by atoms with E-state index in [-0.39, 0.29) is 12.2 Å². The Balaban J connectivity index is 1.46. The Kier molecular flexibility index (Phi) is 6.00. The highest BCUT2D eigenvalue weighted by atomic mass is 32.1. The van der Waals surface area contributed by atoms with Crippen LogP contribution in [0.15, 0.2) is 54.6 Å². The summed E-state index contributed by atoms with van der Waals surface area (Å²) < 4.78 is 15.4. The molecule has 2 atom stereocenters. The molecular weight excluding hydrogens is 474 g/mol. The second-order valence-electron chi connectivity index (χ2n) is 9.13. The number of thiazole rings is 1. The van der Waals surface area contributed by atoms with Gasteiger partial charge in [0, 0.05) is 44.7 Å². The molecule has 1 aliphatic rings. The van der Waals surface area contributed by atoms with Crippen LogP contribution in [0.5, 0.6) is 5.75 Å². The molecule has 0 spiro atoms. The first kappa shape index (κ1) is 22.8. The minimum atomic E-state index is -0.123. The van der Waals surface area contributed by atoms with Crippen LogP contribution in [0.3, 0.4) is 0 Å². The first-order valence-corrected chi connectivity index (χ1v) is 12.7. The van der Waals surface area contributed by atoms with Gasteiger partial charge in [0.05, 0.1) is 38.9 Å². The lowest BCUT2D eigenvalue weighted by Crippen LogP contribution is -2.48. The van der Waals surface area contributed by atoms with Gasteiger partial charge in [-0.05, 0) is 49.4 Å². The van der Waals surface area contributed by atoms with Gasteiger partial charge in [-0.15, -0.1) is 11.3 Å². The van der Waals surface area contributed by atoms with Crippen LogP contribution in [0.25, 0.3) is 32.2 Å². The van der Waals surface area contributed by atoms with Gasteiger partial charge in [0.1, 0.15) is 24.0 Å². The van der Waals surface area contributed by atoms with Gasteiger partial charge in [-0.2, -0.15) is 5.10 Å². The number of likely N-dealkylation sites (tertiary alicyclic amines) is 1. The van der Waals surface area contributed by atoms with E-state index in [4.69, 9.17) is 9.47 Å². The van der Waals surface area contributed by atoms with Crippen molar-refractivity contribution in [2.75, 3.05) is 32.6 Å². The maximum atomic E-state index is 6.73. The lowest BCUT2D eigenvalue weighted by molar-refractivity contribution is -0.0417. The fourth-order valence-corrected chi connectivity index (χ4v) is 5.46. The third kappa shape index (κ3) is 4.39. The largest absolute Gasteiger partial charge is 0.485 e. The van der Waals surface area contributed by atoms with Gasteiger partial charge in [0.25, 0.3) is 0 Å². The number of fused-ring (bicyclic) bond motifs is 2. The molecule has 1 N–H and O–H groups in total. The molecule has 0 bridgehead atoms. The Hall–Kier alpha value is -3.60. The van der Waals surface area contributed by atoms with Crippen LogP contribution in [0.2, 0.25) is 0 Å². The number of hydrogen-bond acceptors (Lipinski definition) is 9. The molecule has 5 aromatic rings. The molecule has 3 aromatic heterocycles. The van der Waals surface area contributed by atoms with Crippen LogP contribution >= 0.6 is 11.3 Å². The number of methoxy groups -OCH3 is 1. The molecule has 10 heteroatoms. The van der Waals surface area contributed by atoms with E-state index in [9.17, 15) is 0 Å². The molecule has 0 unspecified atom stereocenters. The van der Waals surface area contributed by atoms with Crippen LogP contribution in [0.4, 0.5) is 11.5 Å². The molecule has 2 aromatic carbocycles. The minimum Gasteiger partial charge on any atom is -0.485 e. The molecule has 1 saturated heterocycles. The van der Waals surface area contributed by atoms with E-state index in [2.05, 4.69) is 55.5 Å². The average Bonchev–Trinajstić information content (AvgIpc) is 3.53. The van der Waals surface area contributed by atoms with Gasteiger partial charge in [-0.25, -0.2) is 15.0 Å². The van der Waals surface area contributed by atoms with Crippen molar-refractivity contribution in [3.8, 4) is 16.9 Å². The number of benzene rings is 2. The molecule has 6 rings (SSSR count). The quantitative estimate of drug-likeness (QED) is 0.364. The molecule has 4 heterocycles. The summed E-state index contributed by atoms with van der Waals surface area (Å²) in [6, 6.07) is 10.2. The monoisotopic (exact) mass is 501 g/mol. The Bertz CT molecular complexity index is 1530. The van der Waals surface area contributed by atoms with Crippen LogP contribution in [-0.4, -0.2) is 69.1 Å². The van der Waals surface area contributed by atoms with Gasteiger partial charge >= 0.3 is 0 Å². The van der Waals surface area contributed by atoms with Crippen molar-refractivity contribution in [1.29, 1.82) is 0 Å². The second-order valence-corrected chi connectivity index (χ2v) is 10.0. The number of ether oxygens (including phenoxy) is 2. The summed E-state index contributed by atoms with van der Waals surface area (Å²) in [5.41, 5.74) is 6.54. The number of anilines is 2. The smallest absolute Gasteiger partial charge is 0.145 e. The number of likely N-dealkylation sites (N-methyl/N-ethyl adjacent to an activating group) is 1. The molecule has 0 amide bonds. The summed E-state index contributed by atoms with van der Waals surface area (Å²) in [6.07, 6.45) is 6.22. The molecule has 1 fully saturated rings. The first-order valence-electron chi connectivity index (χ1n) is 11.8. The van der Waals surface area contributed by atoms with Crippen LogP contribution in [0, 0.1) is 0 Å². The predicted octanol–water partition coefficient (Wildman–Crippen LogP) is 4.48. The third-order valence-electron chi connectivity index (χ3n) is 6.62. The lowest BCUT2D eigenvalue weighted by atomic mass is 10.0. The van der Waals surface area contributed by atoms with Crippen molar-refractivity contribution in [3.63, 3.8) is 0 Å². The maximum Gasteiger partial charge on any atom is 0.145 e. The predicted molar refractivity (Wildman–Crippen MR) is 142 cm³/mol. The molecule has 0 radical (unpaired) electrons. The molecule has 9 nitrogen and oxygen atoms in total. The summed E-state index contributed by atoms with van der Waals surface area (Å²) in [7, 11) is 5.77. The van der Waals surface area contributed by atoms with E-state index in [0.29, 0.717) is 5.82 Å².